The number of amides is 1. The average Bonchev–Trinajstić information content (AvgIpc) is 2.65. The van der Waals surface area contributed by atoms with E-state index in [-0.39, 0.29) is 11.9 Å². The van der Waals surface area contributed by atoms with Crippen LogP contribution in [-0.4, -0.2) is 23.1 Å². The molecule has 1 saturated carbocycles. The van der Waals surface area contributed by atoms with Gasteiger partial charge in [-0.15, -0.1) is 0 Å². The first-order chi connectivity index (χ1) is 7.25. The molecule has 0 bridgehead atoms. The number of hydrogen-bond acceptors (Lipinski definition) is 2. The van der Waals surface area contributed by atoms with Crippen LogP contribution in [0.1, 0.15) is 29.6 Å². The Labute approximate surface area is 87.7 Å². The van der Waals surface area contributed by atoms with Crippen molar-refractivity contribution in [1.82, 2.24) is 10.3 Å². The zero-order valence-electron chi connectivity index (χ0n) is 8.32. The summed E-state index contributed by atoms with van der Waals surface area (Å²) in [6.45, 7) is 0. The molecule has 1 aliphatic rings. The molecule has 1 N–H and O–H groups in total. The van der Waals surface area contributed by atoms with E-state index < -0.39 is 6.17 Å². The van der Waals surface area contributed by atoms with E-state index in [1.54, 1.807) is 24.5 Å². The summed E-state index contributed by atoms with van der Waals surface area (Å²) in [4.78, 5) is 15.5. The van der Waals surface area contributed by atoms with E-state index in [4.69, 9.17) is 0 Å². The van der Waals surface area contributed by atoms with Crippen molar-refractivity contribution in [2.24, 2.45) is 0 Å². The van der Waals surface area contributed by atoms with Gasteiger partial charge in [-0.25, -0.2) is 4.39 Å². The van der Waals surface area contributed by atoms with Gasteiger partial charge in [0, 0.05) is 24.0 Å². The Morgan fingerprint density at radius 3 is 2.73 bits per heavy atom. The molecule has 80 valence electrons. The minimum Gasteiger partial charge on any atom is -0.349 e. The third-order valence-corrected chi connectivity index (χ3v) is 2.65. The van der Waals surface area contributed by atoms with E-state index >= 15 is 0 Å². The molecule has 15 heavy (non-hydrogen) atoms. The number of nitrogens with zero attached hydrogens (tertiary/aromatic N) is 1. The van der Waals surface area contributed by atoms with E-state index in [9.17, 15) is 9.18 Å². The predicted octanol–water partition coefficient (Wildman–Crippen LogP) is 1.70. The van der Waals surface area contributed by atoms with Gasteiger partial charge >= 0.3 is 0 Å². The van der Waals surface area contributed by atoms with Crippen molar-refractivity contribution in [3.63, 3.8) is 0 Å². The number of alkyl halides is 1. The molecule has 2 atom stereocenters. The van der Waals surface area contributed by atoms with Crippen LogP contribution in [0.15, 0.2) is 24.5 Å². The van der Waals surface area contributed by atoms with Crippen LogP contribution in [0.5, 0.6) is 0 Å². The number of hydrogen-bond donors (Lipinski definition) is 1. The van der Waals surface area contributed by atoms with Crippen LogP contribution in [0.3, 0.4) is 0 Å². The molecule has 1 fully saturated rings. The fraction of sp³-hybridized carbons (Fsp3) is 0.455. The van der Waals surface area contributed by atoms with Gasteiger partial charge in [-0.1, -0.05) is 0 Å². The molecule has 0 aliphatic heterocycles. The van der Waals surface area contributed by atoms with Crippen LogP contribution in [0.25, 0.3) is 0 Å². The van der Waals surface area contributed by atoms with Crippen LogP contribution >= 0.6 is 0 Å². The second-order valence-corrected chi connectivity index (χ2v) is 3.82. The van der Waals surface area contributed by atoms with Crippen molar-refractivity contribution in [1.29, 1.82) is 0 Å². The lowest BCUT2D eigenvalue weighted by molar-refractivity contribution is 0.0936. The maximum absolute atomic E-state index is 12.9. The first kappa shape index (κ1) is 10.1. The molecule has 0 saturated heterocycles. The highest BCUT2D eigenvalue weighted by atomic mass is 19.1. The number of halogens is 1. The number of pyridine rings is 1. The van der Waals surface area contributed by atoms with Gasteiger partial charge in [-0.2, -0.15) is 0 Å². The molecule has 1 aromatic rings. The Morgan fingerprint density at radius 1 is 1.40 bits per heavy atom. The SMILES string of the molecule is O=C(NC1CCC(F)C1)c1ccncc1. The van der Waals surface area contributed by atoms with Gasteiger partial charge in [0.1, 0.15) is 6.17 Å². The lowest BCUT2D eigenvalue weighted by Crippen LogP contribution is -2.33. The van der Waals surface area contributed by atoms with Crippen molar-refractivity contribution < 1.29 is 9.18 Å². The van der Waals surface area contributed by atoms with Gasteiger partial charge in [-0.05, 0) is 31.4 Å². The smallest absolute Gasteiger partial charge is 0.251 e. The van der Waals surface area contributed by atoms with E-state index in [0.29, 0.717) is 18.4 Å². The Kier molecular flexibility index (Phi) is 2.94. The quantitative estimate of drug-likeness (QED) is 0.803. The highest BCUT2D eigenvalue weighted by molar-refractivity contribution is 5.94. The second-order valence-electron chi connectivity index (χ2n) is 3.82. The summed E-state index contributed by atoms with van der Waals surface area (Å²) in [6.07, 6.45) is 4.12. The van der Waals surface area contributed by atoms with E-state index in [1.807, 2.05) is 0 Å². The zero-order chi connectivity index (χ0) is 10.7. The summed E-state index contributed by atoms with van der Waals surface area (Å²) in [6, 6.07) is 3.29. The molecule has 2 rings (SSSR count). The molecule has 2 unspecified atom stereocenters. The summed E-state index contributed by atoms with van der Waals surface area (Å²) in [5, 5.41) is 2.82. The maximum Gasteiger partial charge on any atom is 0.251 e. The fourth-order valence-corrected chi connectivity index (χ4v) is 1.83. The third-order valence-electron chi connectivity index (χ3n) is 2.65. The molecule has 1 aliphatic carbocycles. The summed E-state index contributed by atoms with van der Waals surface area (Å²) >= 11 is 0. The summed E-state index contributed by atoms with van der Waals surface area (Å²) < 4.78 is 12.9. The van der Waals surface area contributed by atoms with Gasteiger partial charge in [0.2, 0.25) is 0 Å². The van der Waals surface area contributed by atoms with Gasteiger partial charge in [-0.3, -0.25) is 9.78 Å². The van der Waals surface area contributed by atoms with Crippen LogP contribution < -0.4 is 5.32 Å². The largest absolute Gasteiger partial charge is 0.349 e. The zero-order valence-corrected chi connectivity index (χ0v) is 8.32. The third kappa shape index (κ3) is 2.52. The Balaban J connectivity index is 1.93. The summed E-state index contributed by atoms with van der Waals surface area (Å²) in [5.41, 5.74) is 0.576. The number of aromatic nitrogens is 1. The van der Waals surface area contributed by atoms with Crippen molar-refractivity contribution in [3.05, 3.63) is 30.1 Å². The standard InChI is InChI=1S/C11H13FN2O/c12-9-1-2-10(7-9)14-11(15)8-3-5-13-6-4-8/h3-6,9-10H,1-2,7H2,(H,14,15). The van der Waals surface area contributed by atoms with Crippen LogP contribution in [0, 0.1) is 0 Å². The molecule has 1 heterocycles. The van der Waals surface area contributed by atoms with Crippen molar-refractivity contribution in [2.45, 2.75) is 31.5 Å². The number of rotatable bonds is 2. The number of nitrogens with one attached hydrogen (secondary N) is 1. The molecule has 0 spiro atoms. The first-order valence-electron chi connectivity index (χ1n) is 5.10. The molecule has 1 amide bonds. The second kappa shape index (κ2) is 4.38. The van der Waals surface area contributed by atoms with Gasteiger partial charge in [0.15, 0.2) is 0 Å². The minimum absolute atomic E-state index is 0.0133. The van der Waals surface area contributed by atoms with Gasteiger partial charge < -0.3 is 5.32 Å². The number of carbonyl (C=O) groups is 1. The Morgan fingerprint density at radius 2 is 2.13 bits per heavy atom. The van der Waals surface area contributed by atoms with E-state index in [2.05, 4.69) is 10.3 Å². The van der Waals surface area contributed by atoms with Gasteiger partial charge in [0.05, 0.1) is 0 Å². The summed E-state index contributed by atoms with van der Waals surface area (Å²) in [7, 11) is 0. The van der Waals surface area contributed by atoms with Crippen LogP contribution in [0.2, 0.25) is 0 Å². The van der Waals surface area contributed by atoms with Crippen molar-refractivity contribution in [2.75, 3.05) is 0 Å². The van der Waals surface area contributed by atoms with Crippen molar-refractivity contribution in [3.8, 4) is 0 Å². The highest BCUT2D eigenvalue weighted by Crippen LogP contribution is 2.21. The molecule has 0 radical (unpaired) electrons. The molecular formula is C11H13FN2O. The Bertz CT molecular complexity index is 342. The molecule has 0 aromatic carbocycles. The van der Waals surface area contributed by atoms with Crippen molar-refractivity contribution >= 4 is 5.91 Å². The molecule has 1 aromatic heterocycles. The topological polar surface area (TPSA) is 42.0 Å². The van der Waals surface area contributed by atoms with Crippen LogP contribution in [-0.2, 0) is 0 Å². The molecular weight excluding hydrogens is 195 g/mol. The first-order valence-corrected chi connectivity index (χ1v) is 5.10. The Hall–Kier alpha value is -1.45. The monoisotopic (exact) mass is 208 g/mol. The minimum atomic E-state index is -0.757. The molecule has 3 nitrogen and oxygen atoms in total. The molecule has 4 heteroatoms. The number of carbonyl (C=O) groups excluding carboxylic acids is 1. The van der Waals surface area contributed by atoms with E-state index in [0.717, 1.165) is 6.42 Å². The van der Waals surface area contributed by atoms with E-state index in [1.165, 1.54) is 0 Å². The highest BCUT2D eigenvalue weighted by Gasteiger charge is 2.25. The lowest BCUT2D eigenvalue weighted by atomic mass is 10.2. The lowest BCUT2D eigenvalue weighted by Gasteiger charge is -2.11. The summed E-state index contributed by atoms with van der Waals surface area (Å²) in [5.74, 6) is -0.142. The predicted molar refractivity (Wildman–Crippen MR) is 54.2 cm³/mol. The fourth-order valence-electron chi connectivity index (χ4n) is 1.83. The maximum atomic E-state index is 12.9. The van der Waals surface area contributed by atoms with Crippen LogP contribution in [0.4, 0.5) is 4.39 Å². The average molecular weight is 208 g/mol. The van der Waals surface area contributed by atoms with Gasteiger partial charge in [0.25, 0.3) is 5.91 Å². The normalized spacial score (nSPS) is 25.1.